The van der Waals surface area contributed by atoms with Crippen molar-refractivity contribution in [3.05, 3.63) is 71.4 Å². The Balaban J connectivity index is 1.78. The molecule has 164 valence electrons. The standard InChI is InChI=1S/C26H26N2O4/c1-27-15-19(17-11-5-7-13-20(17)27)23-22(24(29)18-12-6-8-14-21(18)32-2)25(30)26(31)28(23)16-9-3-4-10-16/h5-8,11-16,23,29H,3-4,9-10H2,1-2H3/b24-22+. The Morgan fingerprint density at radius 1 is 1.03 bits per heavy atom. The Bertz CT molecular complexity index is 1250. The highest BCUT2D eigenvalue weighted by atomic mass is 16.5. The number of benzene rings is 2. The summed E-state index contributed by atoms with van der Waals surface area (Å²) in [4.78, 5) is 28.4. The molecule has 2 aromatic carbocycles. The zero-order valence-electron chi connectivity index (χ0n) is 18.2. The van der Waals surface area contributed by atoms with Crippen LogP contribution in [0.2, 0.25) is 0 Å². The van der Waals surface area contributed by atoms with Gasteiger partial charge < -0.3 is 19.3 Å². The van der Waals surface area contributed by atoms with Crippen LogP contribution in [0, 0.1) is 0 Å². The van der Waals surface area contributed by atoms with Crippen molar-refractivity contribution in [3.63, 3.8) is 0 Å². The van der Waals surface area contributed by atoms with Crippen LogP contribution in [0.15, 0.2) is 60.3 Å². The number of carbonyl (C=O) groups is 2. The lowest BCUT2D eigenvalue weighted by atomic mass is 9.94. The maximum atomic E-state index is 13.4. The summed E-state index contributed by atoms with van der Waals surface area (Å²) < 4.78 is 7.42. The van der Waals surface area contributed by atoms with Crippen LogP contribution in [-0.4, -0.2) is 39.4 Å². The number of ether oxygens (including phenoxy) is 1. The van der Waals surface area contributed by atoms with Crippen LogP contribution in [0.3, 0.4) is 0 Å². The number of amides is 1. The number of nitrogens with zero attached hydrogens (tertiary/aromatic N) is 2. The first-order chi connectivity index (χ1) is 15.5. The minimum Gasteiger partial charge on any atom is -0.507 e. The predicted molar refractivity (Wildman–Crippen MR) is 122 cm³/mol. The number of rotatable bonds is 4. The van der Waals surface area contributed by atoms with Gasteiger partial charge in [0.25, 0.3) is 11.7 Å². The molecule has 1 saturated carbocycles. The van der Waals surface area contributed by atoms with E-state index < -0.39 is 17.7 Å². The normalized spacial score (nSPS) is 21.1. The third kappa shape index (κ3) is 3.01. The molecule has 32 heavy (non-hydrogen) atoms. The number of likely N-dealkylation sites (tertiary alicyclic amines) is 1. The fraction of sp³-hybridized carbons (Fsp3) is 0.308. The number of hydrogen-bond acceptors (Lipinski definition) is 4. The fourth-order valence-corrected chi connectivity index (χ4v) is 5.29. The van der Waals surface area contributed by atoms with Crippen LogP contribution >= 0.6 is 0 Å². The molecule has 1 atom stereocenters. The molecular weight excluding hydrogens is 404 g/mol. The number of carbonyl (C=O) groups excluding carboxylic acids is 2. The zero-order chi connectivity index (χ0) is 22.4. The first kappa shape index (κ1) is 20.4. The number of aliphatic hydroxyl groups excluding tert-OH is 1. The van der Waals surface area contributed by atoms with Crippen molar-refractivity contribution < 1.29 is 19.4 Å². The van der Waals surface area contributed by atoms with Gasteiger partial charge in [-0.1, -0.05) is 43.2 Å². The molecule has 3 aromatic rings. The highest BCUT2D eigenvalue weighted by Gasteiger charge is 2.50. The van der Waals surface area contributed by atoms with E-state index in [2.05, 4.69) is 0 Å². The SMILES string of the molecule is COc1ccccc1/C(O)=C1\C(=O)C(=O)N(C2CCCC2)C1c1cn(C)c2ccccc12. The van der Waals surface area contributed by atoms with Crippen LogP contribution in [-0.2, 0) is 16.6 Å². The van der Waals surface area contributed by atoms with Crippen LogP contribution in [0.4, 0.5) is 0 Å². The second kappa shape index (κ2) is 7.86. The van der Waals surface area contributed by atoms with E-state index in [4.69, 9.17) is 4.74 Å². The lowest BCUT2D eigenvalue weighted by Crippen LogP contribution is -2.37. The van der Waals surface area contributed by atoms with Crippen molar-refractivity contribution in [1.29, 1.82) is 0 Å². The Morgan fingerprint density at radius 3 is 2.47 bits per heavy atom. The highest BCUT2D eigenvalue weighted by Crippen LogP contribution is 2.46. The topological polar surface area (TPSA) is 71.8 Å². The van der Waals surface area contributed by atoms with Gasteiger partial charge in [0.15, 0.2) is 0 Å². The van der Waals surface area contributed by atoms with Crippen LogP contribution in [0.1, 0.15) is 42.9 Å². The number of aliphatic hydroxyl groups is 1. The average Bonchev–Trinajstić information content (AvgIpc) is 3.52. The summed E-state index contributed by atoms with van der Waals surface area (Å²) in [6.45, 7) is 0. The summed E-state index contributed by atoms with van der Waals surface area (Å²) in [6.07, 6.45) is 5.76. The number of Topliss-reactive ketones (excluding diaryl/α,β-unsaturated/α-hetero) is 1. The quantitative estimate of drug-likeness (QED) is 0.374. The molecule has 1 saturated heterocycles. The van der Waals surface area contributed by atoms with Crippen molar-refractivity contribution in [2.75, 3.05) is 7.11 Å². The molecule has 0 spiro atoms. The van der Waals surface area contributed by atoms with Gasteiger partial charge in [-0.3, -0.25) is 9.59 Å². The molecule has 1 aliphatic heterocycles. The molecule has 0 bridgehead atoms. The van der Waals surface area contributed by atoms with Gasteiger partial charge in [-0.25, -0.2) is 0 Å². The molecule has 5 rings (SSSR count). The Morgan fingerprint density at radius 2 is 1.72 bits per heavy atom. The molecule has 2 fully saturated rings. The second-order valence-electron chi connectivity index (χ2n) is 8.56. The second-order valence-corrected chi connectivity index (χ2v) is 8.56. The zero-order valence-corrected chi connectivity index (χ0v) is 18.2. The van der Waals surface area contributed by atoms with Crippen LogP contribution < -0.4 is 4.74 Å². The van der Waals surface area contributed by atoms with Crippen LogP contribution in [0.5, 0.6) is 5.75 Å². The third-order valence-electron chi connectivity index (χ3n) is 6.78. The number of fused-ring (bicyclic) bond motifs is 1. The highest BCUT2D eigenvalue weighted by molar-refractivity contribution is 6.46. The number of para-hydroxylation sites is 2. The summed E-state index contributed by atoms with van der Waals surface area (Å²) in [5.74, 6) is -0.919. The van der Waals surface area contributed by atoms with Crippen molar-refractivity contribution in [2.24, 2.45) is 7.05 Å². The van der Waals surface area contributed by atoms with E-state index in [1.807, 2.05) is 42.1 Å². The number of hydrogen-bond donors (Lipinski definition) is 1. The monoisotopic (exact) mass is 430 g/mol. The Labute approximate surface area is 186 Å². The van der Waals surface area contributed by atoms with Gasteiger partial charge in [0.2, 0.25) is 0 Å². The average molecular weight is 431 g/mol. The fourth-order valence-electron chi connectivity index (χ4n) is 5.29. The molecule has 1 unspecified atom stereocenters. The van der Waals surface area contributed by atoms with Gasteiger partial charge in [0.1, 0.15) is 11.5 Å². The van der Waals surface area contributed by atoms with Gasteiger partial charge >= 0.3 is 0 Å². The third-order valence-corrected chi connectivity index (χ3v) is 6.78. The van der Waals surface area contributed by atoms with E-state index in [-0.39, 0.29) is 17.4 Å². The van der Waals surface area contributed by atoms with E-state index in [9.17, 15) is 14.7 Å². The maximum Gasteiger partial charge on any atom is 0.295 e. The van der Waals surface area contributed by atoms with E-state index >= 15 is 0 Å². The molecule has 1 aromatic heterocycles. The maximum absolute atomic E-state index is 13.4. The molecule has 1 N–H and O–H groups in total. The first-order valence-corrected chi connectivity index (χ1v) is 11.0. The van der Waals surface area contributed by atoms with Gasteiger partial charge in [-0.05, 0) is 31.0 Å². The summed E-state index contributed by atoms with van der Waals surface area (Å²) in [6, 6.07) is 14.3. The molecule has 6 heteroatoms. The summed E-state index contributed by atoms with van der Waals surface area (Å²) in [5.41, 5.74) is 2.40. The van der Waals surface area contributed by atoms with E-state index in [0.29, 0.717) is 11.3 Å². The molecule has 1 aliphatic carbocycles. The Kier molecular flexibility index (Phi) is 5.00. The van der Waals surface area contributed by atoms with Crippen LogP contribution in [0.25, 0.3) is 16.7 Å². The number of aryl methyl sites for hydroxylation is 1. The molecule has 6 nitrogen and oxygen atoms in total. The van der Waals surface area contributed by atoms with E-state index in [0.717, 1.165) is 42.1 Å². The van der Waals surface area contributed by atoms with Gasteiger partial charge in [-0.2, -0.15) is 0 Å². The van der Waals surface area contributed by atoms with Gasteiger partial charge in [0.05, 0.1) is 24.3 Å². The smallest absolute Gasteiger partial charge is 0.295 e. The lowest BCUT2D eigenvalue weighted by Gasteiger charge is -2.30. The number of aromatic nitrogens is 1. The lowest BCUT2D eigenvalue weighted by molar-refractivity contribution is -0.141. The Hall–Kier alpha value is -3.54. The first-order valence-electron chi connectivity index (χ1n) is 11.0. The minimum absolute atomic E-state index is 0.0154. The molecule has 0 radical (unpaired) electrons. The van der Waals surface area contributed by atoms with Gasteiger partial charge in [0, 0.05) is 35.8 Å². The number of methoxy groups -OCH3 is 1. The van der Waals surface area contributed by atoms with Crippen molar-refractivity contribution >= 4 is 28.4 Å². The summed E-state index contributed by atoms with van der Waals surface area (Å²) in [7, 11) is 3.47. The summed E-state index contributed by atoms with van der Waals surface area (Å²) in [5, 5.41) is 12.4. The van der Waals surface area contributed by atoms with Crippen molar-refractivity contribution in [1.82, 2.24) is 9.47 Å². The number of ketones is 1. The van der Waals surface area contributed by atoms with Gasteiger partial charge in [-0.15, -0.1) is 0 Å². The molecule has 1 amide bonds. The molecular formula is C26H26N2O4. The van der Waals surface area contributed by atoms with Crippen molar-refractivity contribution in [2.45, 2.75) is 37.8 Å². The summed E-state index contributed by atoms with van der Waals surface area (Å²) >= 11 is 0. The van der Waals surface area contributed by atoms with E-state index in [1.165, 1.54) is 7.11 Å². The molecule has 2 heterocycles. The minimum atomic E-state index is -0.644. The van der Waals surface area contributed by atoms with Crippen molar-refractivity contribution in [3.8, 4) is 5.75 Å². The molecule has 2 aliphatic rings. The predicted octanol–water partition coefficient (Wildman–Crippen LogP) is 4.55. The van der Waals surface area contributed by atoms with E-state index in [1.54, 1.807) is 29.2 Å². The largest absolute Gasteiger partial charge is 0.507 e.